The molecule has 0 saturated carbocycles. The third-order valence-corrected chi connectivity index (χ3v) is 4.58. The molecule has 4 rings (SSSR count). The van der Waals surface area contributed by atoms with E-state index < -0.39 is 0 Å². The van der Waals surface area contributed by atoms with E-state index in [1.165, 1.54) is 11.1 Å². The van der Waals surface area contributed by atoms with Gasteiger partial charge in [-0.1, -0.05) is 29.8 Å². The van der Waals surface area contributed by atoms with Crippen molar-refractivity contribution in [2.24, 2.45) is 0 Å². The second kappa shape index (κ2) is 6.92. The highest BCUT2D eigenvalue weighted by atomic mass is 16.5. The lowest BCUT2D eigenvalue weighted by molar-refractivity contribution is -0.00536. The van der Waals surface area contributed by atoms with Gasteiger partial charge >= 0.3 is 0 Å². The molecule has 3 aromatic rings. The van der Waals surface area contributed by atoms with Crippen LogP contribution >= 0.6 is 0 Å². The molecular weight excluding hydrogens is 328 g/mol. The summed E-state index contributed by atoms with van der Waals surface area (Å²) >= 11 is 0. The number of morpholine rings is 1. The third-order valence-electron chi connectivity index (χ3n) is 4.58. The molecule has 0 aliphatic carbocycles. The summed E-state index contributed by atoms with van der Waals surface area (Å²) in [6.07, 6.45) is 2.12. The summed E-state index contributed by atoms with van der Waals surface area (Å²) in [5.41, 5.74) is 3.19. The van der Waals surface area contributed by atoms with Gasteiger partial charge in [0.25, 0.3) is 0 Å². The number of nitrogens with zero attached hydrogens (tertiary/aromatic N) is 4. The molecule has 1 aliphatic heterocycles. The lowest BCUT2D eigenvalue weighted by Gasteiger charge is -2.36. The zero-order valence-electron chi connectivity index (χ0n) is 15.4. The molecule has 2 aromatic heterocycles. The summed E-state index contributed by atoms with van der Waals surface area (Å²) in [5, 5.41) is 11.4. The van der Waals surface area contributed by atoms with E-state index in [0.717, 1.165) is 29.9 Å². The Morgan fingerprint density at radius 3 is 2.62 bits per heavy atom. The highest BCUT2D eigenvalue weighted by Crippen LogP contribution is 2.27. The topological polar surface area (TPSA) is 79.0 Å². The van der Waals surface area contributed by atoms with Crippen molar-refractivity contribution >= 4 is 22.8 Å². The monoisotopic (exact) mass is 352 g/mol. The Balaban J connectivity index is 1.61. The van der Waals surface area contributed by atoms with Crippen LogP contribution in [0.25, 0.3) is 11.0 Å². The Bertz CT molecular complexity index is 881. The van der Waals surface area contributed by atoms with Gasteiger partial charge in [-0.15, -0.1) is 0 Å². The van der Waals surface area contributed by atoms with E-state index in [-0.39, 0.29) is 12.2 Å². The lowest BCUT2D eigenvalue weighted by atomic mass is 10.1. The van der Waals surface area contributed by atoms with Gasteiger partial charge in [0.2, 0.25) is 5.95 Å². The molecule has 2 atom stereocenters. The zero-order chi connectivity index (χ0) is 18.1. The number of hydrogen-bond acceptors (Lipinski definition) is 6. The summed E-state index contributed by atoms with van der Waals surface area (Å²) in [6.45, 7) is 8.55. The van der Waals surface area contributed by atoms with E-state index in [1.807, 2.05) is 0 Å². The van der Waals surface area contributed by atoms with Crippen LogP contribution in [0, 0.1) is 6.92 Å². The van der Waals surface area contributed by atoms with Crippen LogP contribution in [-0.2, 0) is 11.3 Å². The van der Waals surface area contributed by atoms with Crippen molar-refractivity contribution in [2.75, 3.05) is 23.3 Å². The Morgan fingerprint density at radius 1 is 1.15 bits per heavy atom. The van der Waals surface area contributed by atoms with Crippen molar-refractivity contribution in [3.63, 3.8) is 0 Å². The van der Waals surface area contributed by atoms with Crippen molar-refractivity contribution in [1.82, 2.24) is 20.2 Å². The first-order chi connectivity index (χ1) is 12.6. The molecule has 136 valence electrons. The van der Waals surface area contributed by atoms with E-state index in [1.54, 1.807) is 6.20 Å². The van der Waals surface area contributed by atoms with Gasteiger partial charge in [-0.05, 0) is 26.3 Å². The number of ether oxygens (including phenoxy) is 1. The van der Waals surface area contributed by atoms with E-state index in [0.29, 0.717) is 12.5 Å². The summed E-state index contributed by atoms with van der Waals surface area (Å²) in [4.78, 5) is 11.6. The molecule has 1 fully saturated rings. The van der Waals surface area contributed by atoms with Crippen molar-refractivity contribution in [3.8, 4) is 0 Å². The van der Waals surface area contributed by atoms with Crippen molar-refractivity contribution in [1.29, 1.82) is 0 Å². The predicted molar refractivity (Wildman–Crippen MR) is 102 cm³/mol. The second-order valence-corrected chi connectivity index (χ2v) is 7.00. The molecule has 2 N–H and O–H groups in total. The number of rotatable bonds is 4. The maximum absolute atomic E-state index is 5.85. The lowest BCUT2D eigenvalue weighted by Crippen LogP contribution is -2.46. The Kier molecular flexibility index (Phi) is 4.46. The molecule has 7 heteroatoms. The van der Waals surface area contributed by atoms with Gasteiger partial charge in [0.15, 0.2) is 5.65 Å². The van der Waals surface area contributed by atoms with Crippen molar-refractivity contribution < 1.29 is 4.74 Å². The van der Waals surface area contributed by atoms with Crippen LogP contribution in [0.15, 0.2) is 30.5 Å². The normalized spacial score (nSPS) is 20.5. The van der Waals surface area contributed by atoms with E-state index in [4.69, 9.17) is 9.72 Å². The number of aryl methyl sites for hydroxylation is 1. The van der Waals surface area contributed by atoms with E-state index >= 15 is 0 Å². The number of fused-ring (bicyclic) bond motifs is 1. The fourth-order valence-electron chi connectivity index (χ4n) is 3.38. The first-order valence-corrected chi connectivity index (χ1v) is 8.99. The van der Waals surface area contributed by atoms with Gasteiger partial charge < -0.3 is 15.0 Å². The first-order valence-electron chi connectivity index (χ1n) is 8.99. The average molecular weight is 352 g/mol. The minimum Gasteiger partial charge on any atom is -0.372 e. The van der Waals surface area contributed by atoms with Crippen LogP contribution in [-0.4, -0.2) is 45.5 Å². The van der Waals surface area contributed by atoms with Crippen LogP contribution < -0.4 is 10.2 Å². The van der Waals surface area contributed by atoms with Gasteiger partial charge in [-0.3, -0.25) is 5.10 Å². The van der Waals surface area contributed by atoms with Gasteiger partial charge in [0.05, 0.1) is 23.8 Å². The van der Waals surface area contributed by atoms with E-state index in [9.17, 15) is 0 Å². The number of aromatic amines is 1. The van der Waals surface area contributed by atoms with Gasteiger partial charge in [0.1, 0.15) is 5.82 Å². The Morgan fingerprint density at radius 2 is 1.88 bits per heavy atom. The molecular formula is C19H24N6O. The molecule has 1 saturated heterocycles. The smallest absolute Gasteiger partial charge is 0.226 e. The van der Waals surface area contributed by atoms with Gasteiger partial charge in [0, 0.05) is 19.6 Å². The van der Waals surface area contributed by atoms with Gasteiger partial charge in [-0.25, -0.2) is 0 Å². The molecule has 0 bridgehead atoms. The highest BCUT2D eigenvalue weighted by molar-refractivity contribution is 5.87. The second-order valence-electron chi connectivity index (χ2n) is 7.00. The van der Waals surface area contributed by atoms with Crippen LogP contribution in [0.2, 0.25) is 0 Å². The minimum atomic E-state index is 0.166. The number of benzene rings is 1. The number of nitrogens with one attached hydrogen (secondary N) is 2. The Hall–Kier alpha value is -2.67. The fourth-order valence-corrected chi connectivity index (χ4v) is 3.38. The molecule has 1 aliphatic rings. The Labute approximate surface area is 152 Å². The zero-order valence-corrected chi connectivity index (χ0v) is 15.4. The van der Waals surface area contributed by atoms with Crippen LogP contribution in [0.3, 0.4) is 0 Å². The standard InChI is InChI=1S/C19H24N6O/c1-12-4-6-15(7-5-12)8-20-19-22-17-16(9-21-24-17)18(23-19)25-10-13(2)26-14(3)11-25/h4-7,9,13-14H,8,10-11H2,1-3H3,(H2,20,21,22,23,24)/t13-,14+. The molecule has 0 radical (unpaired) electrons. The SMILES string of the molecule is Cc1ccc(CNc2nc(N3C[C@@H](C)O[C@@H](C)C3)c3cn[nH]c3n2)cc1. The molecule has 0 unspecified atom stereocenters. The maximum Gasteiger partial charge on any atom is 0.226 e. The number of hydrogen-bond donors (Lipinski definition) is 2. The first kappa shape index (κ1) is 16.8. The van der Waals surface area contributed by atoms with Crippen LogP contribution in [0.1, 0.15) is 25.0 Å². The predicted octanol–water partition coefficient (Wildman–Crippen LogP) is 2.89. The number of H-pyrrole nitrogens is 1. The summed E-state index contributed by atoms with van der Waals surface area (Å²) in [7, 11) is 0. The minimum absolute atomic E-state index is 0.166. The largest absolute Gasteiger partial charge is 0.372 e. The van der Waals surface area contributed by atoms with Crippen molar-refractivity contribution in [2.45, 2.75) is 39.5 Å². The average Bonchev–Trinajstić information content (AvgIpc) is 3.08. The maximum atomic E-state index is 5.85. The van der Waals surface area contributed by atoms with Gasteiger partial charge in [-0.2, -0.15) is 15.1 Å². The molecule has 26 heavy (non-hydrogen) atoms. The van der Waals surface area contributed by atoms with Crippen LogP contribution in [0.5, 0.6) is 0 Å². The highest BCUT2D eigenvalue weighted by Gasteiger charge is 2.25. The number of anilines is 2. The summed E-state index contributed by atoms with van der Waals surface area (Å²) < 4.78 is 5.85. The number of aromatic nitrogens is 4. The van der Waals surface area contributed by atoms with Crippen molar-refractivity contribution in [3.05, 3.63) is 41.6 Å². The quantitative estimate of drug-likeness (QED) is 0.752. The fraction of sp³-hybridized carbons (Fsp3) is 0.421. The molecule has 7 nitrogen and oxygen atoms in total. The third kappa shape index (κ3) is 3.48. The summed E-state index contributed by atoms with van der Waals surface area (Å²) in [5.74, 6) is 1.50. The van der Waals surface area contributed by atoms with Crippen LogP contribution in [0.4, 0.5) is 11.8 Å². The summed E-state index contributed by atoms with van der Waals surface area (Å²) in [6, 6.07) is 8.45. The molecule has 0 spiro atoms. The molecule has 3 heterocycles. The molecule has 1 aromatic carbocycles. The molecule has 0 amide bonds. The van der Waals surface area contributed by atoms with E-state index in [2.05, 4.69) is 70.4 Å².